The molecule has 5 heteroatoms. The highest BCUT2D eigenvalue weighted by atomic mass is 16.5. The van der Waals surface area contributed by atoms with Gasteiger partial charge in [0, 0.05) is 30.1 Å². The normalized spacial score (nSPS) is 13.9. The van der Waals surface area contributed by atoms with Gasteiger partial charge in [-0.3, -0.25) is 4.68 Å². The van der Waals surface area contributed by atoms with Crippen molar-refractivity contribution in [2.75, 3.05) is 0 Å². The van der Waals surface area contributed by atoms with E-state index in [-0.39, 0.29) is 12.1 Å². The Morgan fingerprint density at radius 1 is 1.18 bits per heavy atom. The molecule has 1 aromatic carbocycles. The van der Waals surface area contributed by atoms with Crippen LogP contribution >= 0.6 is 0 Å². The van der Waals surface area contributed by atoms with Gasteiger partial charge in [0.2, 0.25) is 0 Å². The van der Waals surface area contributed by atoms with Gasteiger partial charge >= 0.3 is 0 Å². The molecule has 0 saturated heterocycles. The molecule has 0 aliphatic rings. The molecule has 5 nitrogen and oxygen atoms in total. The molecule has 0 aliphatic heterocycles. The molecule has 2 heterocycles. The van der Waals surface area contributed by atoms with E-state index in [1.165, 1.54) is 0 Å². The maximum atomic E-state index is 5.40. The largest absolute Gasteiger partial charge is 0.359 e. The summed E-state index contributed by atoms with van der Waals surface area (Å²) in [6.45, 7) is 4.92. The number of hydrogen-bond acceptors (Lipinski definition) is 4. The predicted octanol–water partition coefficient (Wildman–Crippen LogP) is 3.28. The average molecular weight is 296 g/mol. The average Bonchev–Trinajstić information content (AvgIpc) is 3.24. The molecule has 0 unspecified atom stereocenters. The molecule has 0 spiro atoms. The summed E-state index contributed by atoms with van der Waals surface area (Å²) in [5.41, 5.74) is 1.93. The first-order chi connectivity index (χ1) is 10.7. The van der Waals surface area contributed by atoms with Gasteiger partial charge in [-0.05, 0) is 19.9 Å². The van der Waals surface area contributed by atoms with E-state index >= 15 is 0 Å². The number of aromatic nitrogens is 3. The van der Waals surface area contributed by atoms with Crippen LogP contribution < -0.4 is 5.32 Å². The molecule has 0 saturated carbocycles. The van der Waals surface area contributed by atoms with E-state index in [0.29, 0.717) is 6.54 Å². The highest BCUT2D eigenvalue weighted by Crippen LogP contribution is 2.18. The fourth-order valence-corrected chi connectivity index (χ4v) is 2.32. The van der Waals surface area contributed by atoms with Gasteiger partial charge in [0.15, 0.2) is 5.76 Å². The van der Waals surface area contributed by atoms with Crippen LogP contribution in [0.3, 0.4) is 0 Å². The monoisotopic (exact) mass is 296 g/mol. The van der Waals surface area contributed by atoms with Gasteiger partial charge in [0.1, 0.15) is 5.69 Å². The molecule has 0 amide bonds. The second-order valence-electron chi connectivity index (χ2n) is 5.44. The maximum absolute atomic E-state index is 5.40. The zero-order valence-corrected chi connectivity index (χ0v) is 12.8. The van der Waals surface area contributed by atoms with Gasteiger partial charge in [-0.15, -0.1) is 0 Å². The van der Waals surface area contributed by atoms with Crippen LogP contribution in [-0.2, 0) is 6.54 Å². The van der Waals surface area contributed by atoms with Crippen molar-refractivity contribution in [2.24, 2.45) is 0 Å². The van der Waals surface area contributed by atoms with E-state index in [9.17, 15) is 0 Å². The second kappa shape index (κ2) is 6.58. The van der Waals surface area contributed by atoms with Crippen molar-refractivity contribution in [3.05, 3.63) is 60.6 Å². The number of nitrogens with one attached hydrogen (secondary N) is 1. The summed E-state index contributed by atoms with van der Waals surface area (Å²) in [6.07, 6.45) is 3.77. The zero-order chi connectivity index (χ0) is 15.4. The van der Waals surface area contributed by atoms with Crippen LogP contribution in [0.5, 0.6) is 0 Å². The first-order valence-corrected chi connectivity index (χ1v) is 7.47. The van der Waals surface area contributed by atoms with E-state index in [1.54, 1.807) is 6.20 Å². The minimum absolute atomic E-state index is 0.269. The van der Waals surface area contributed by atoms with Gasteiger partial charge in [-0.1, -0.05) is 35.5 Å². The minimum Gasteiger partial charge on any atom is -0.359 e. The van der Waals surface area contributed by atoms with E-state index < -0.39 is 0 Å². The SMILES string of the molecule is C[C@H](NCc1cc(-c2ccccc2)no1)[C@H](C)n1cccn1. The Hall–Kier alpha value is -2.40. The molecule has 0 bridgehead atoms. The Labute approximate surface area is 129 Å². The summed E-state index contributed by atoms with van der Waals surface area (Å²) in [5, 5.41) is 11.9. The third kappa shape index (κ3) is 3.26. The number of benzene rings is 1. The third-order valence-corrected chi connectivity index (χ3v) is 3.89. The van der Waals surface area contributed by atoms with Crippen LogP contribution in [0.15, 0.2) is 59.4 Å². The zero-order valence-electron chi connectivity index (χ0n) is 12.8. The molecule has 114 valence electrons. The Bertz CT molecular complexity index is 691. The second-order valence-corrected chi connectivity index (χ2v) is 5.44. The highest BCUT2D eigenvalue weighted by Gasteiger charge is 2.14. The van der Waals surface area contributed by atoms with E-state index in [2.05, 4.69) is 29.4 Å². The molecule has 3 rings (SSSR count). The first kappa shape index (κ1) is 14.5. The summed E-state index contributed by atoms with van der Waals surface area (Å²) in [6, 6.07) is 14.5. The molecule has 1 N–H and O–H groups in total. The summed E-state index contributed by atoms with van der Waals surface area (Å²) in [5.74, 6) is 0.832. The lowest BCUT2D eigenvalue weighted by Crippen LogP contribution is -2.33. The van der Waals surface area contributed by atoms with Crippen LogP contribution in [-0.4, -0.2) is 21.0 Å². The molecule has 2 atom stereocenters. The van der Waals surface area contributed by atoms with Crippen LogP contribution in [0.25, 0.3) is 11.3 Å². The van der Waals surface area contributed by atoms with Crippen LogP contribution in [0.2, 0.25) is 0 Å². The fraction of sp³-hybridized carbons (Fsp3) is 0.294. The van der Waals surface area contributed by atoms with Crippen LogP contribution in [0.4, 0.5) is 0 Å². The Morgan fingerprint density at radius 3 is 2.73 bits per heavy atom. The number of nitrogens with zero attached hydrogens (tertiary/aromatic N) is 3. The lowest BCUT2D eigenvalue weighted by molar-refractivity contribution is 0.330. The van der Waals surface area contributed by atoms with Gasteiger partial charge in [0.05, 0.1) is 12.6 Å². The van der Waals surface area contributed by atoms with E-state index in [1.807, 2.05) is 53.3 Å². The van der Waals surface area contributed by atoms with Crippen molar-refractivity contribution in [3.8, 4) is 11.3 Å². The maximum Gasteiger partial charge on any atom is 0.151 e. The first-order valence-electron chi connectivity index (χ1n) is 7.47. The summed E-state index contributed by atoms with van der Waals surface area (Å²) in [4.78, 5) is 0. The van der Waals surface area contributed by atoms with E-state index in [0.717, 1.165) is 17.0 Å². The third-order valence-electron chi connectivity index (χ3n) is 3.89. The minimum atomic E-state index is 0.269. The summed E-state index contributed by atoms with van der Waals surface area (Å²) < 4.78 is 7.36. The highest BCUT2D eigenvalue weighted by molar-refractivity contribution is 5.58. The van der Waals surface area contributed by atoms with Gasteiger partial charge in [-0.2, -0.15) is 5.10 Å². The van der Waals surface area contributed by atoms with Crippen LogP contribution in [0, 0.1) is 0 Å². The van der Waals surface area contributed by atoms with Crippen LogP contribution in [0.1, 0.15) is 25.6 Å². The van der Waals surface area contributed by atoms with Crippen molar-refractivity contribution in [1.82, 2.24) is 20.3 Å². The molecular weight excluding hydrogens is 276 g/mol. The van der Waals surface area contributed by atoms with Crippen molar-refractivity contribution in [2.45, 2.75) is 32.5 Å². The lowest BCUT2D eigenvalue weighted by atomic mass is 10.1. The summed E-state index contributed by atoms with van der Waals surface area (Å²) >= 11 is 0. The quantitative estimate of drug-likeness (QED) is 0.758. The van der Waals surface area contributed by atoms with E-state index in [4.69, 9.17) is 4.52 Å². The molecule has 0 radical (unpaired) electrons. The molecule has 22 heavy (non-hydrogen) atoms. The number of hydrogen-bond donors (Lipinski definition) is 1. The molecule has 2 aromatic heterocycles. The van der Waals surface area contributed by atoms with Crippen molar-refractivity contribution in [3.63, 3.8) is 0 Å². The molecule has 0 fully saturated rings. The van der Waals surface area contributed by atoms with Crippen molar-refractivity contribution in [1.29, 1.82) is 0 Å². The van der Waals surface area contributed by atoms with Gasteiger partial charge < -0.3 is 9.84 Å². The Kier molecular flexibility index (Phi) is 4.34. The smallest absolute Gasteiger partial charge is 0.151 e. The summed E-state index contributed by atoms with van der Waals surface area (Å²) in [7, 11) is 0. The fourth-order valence-electron chi connectivity index (χ4n) is 2.32. The van der Waals surface area contributed by atoms with Crippen molar-refractivity contribution < 1.29 is 4.52 Å². The number of rotatable bonds is 6. The van der Waals surface area contributed by atoms with Gasteiger partial charge in [0.25, 0.3) is 0 Å². The Morgan fingerprint density at radius 2 is 2.00 bits per heavy atom. The Balaban J connectivity index is 1.59. The lowest BCUT2D eigenvalue weighted by Gasteiger charge is -2.21. The topological polar surface area (TPSA) is 55.9 Å². The van der Waals surface area contributed by atoms with Crippen molar-refractivity contribution >= 4 is 0 Å². The molecule has 3 aromatic rings. The molecule has 0 aliphatic carbocycles. The predicted molar refractivity (Wildman–Crippen MR) is 85.2 cm³/mol. The molecular formula is C17H20N4O. The standard InChI is InChI=1S/C17H20N4O/c1-13(14(2)21-10-6-9-19-21)18-12-16-11-17(20-22-16)15-7-4-3-5-8-15/h3-11,13-14,18H,12H2,1-2H3/t13-,14-/m0/s1. The van der Waals surface area contributed by atoms with Gasteiger partial charge in [-0.25, -0.2) is 0 Å².